The Hall–Kier alpha value is -3.18. The number of carbonyl (C=O) groups excluding carboxylic acids is 3. The minimum atomic E-state index is -1.47. The number of phenolic OH excluding ortho intramolecular Hbond substituents is 1. The van der Waals surface area contributed by atoms with Gasteiger partial charge in [0.05, 0.1) is 25.7 Å². The summed E-state index contributed by atoms with van der Waals surface area (Å²) in [5.41, 5.74) is 6.47. The minimum absolute atomic E-state index is 0.0890. The molecule has 11 heteroatoms. The number of aliphatic carboxylic acids is 1. The number of carbonyl (C=O) groups is 4. The molecule has 11 nitrogen and oxygen atoms in total. The molecule has 0 radical (unpaired) electrons. The highest BCUT2D eigenvalue weighted by atomic mass is 16.4. The Balaban J connectivity index is 2.32. The summed E-state index contributed by atoms with van der Waals surface area (Å²) in [6.45, 7) is -1.72. The standard InChI is InChI=1S/C16H22N4O7/c17-11(5-9-1-3-10(22)4-2-9)15(25)19-6-13(23)18-7-14(24)20-12(8-21)16(26)27/h1-4,11-12,21-22H,5-8,17H2,(H,18,23)(H,19,25)(H,20,24)(H,26,27). The van der Waals surface area contributed by atoms with E-state index in [1.165, 1.54) is 12.1 Å². The highest BCUT2D eigenvalue weighted by molar-refractivity contribution is 5.90. The molecule has 148 valence electrons. The molecule has 0 saturated carbocycles. The van der Waals surface area contributed by atoms with Crippen LogP contribution in [0.1, 0.15) is 5.56 Å². The van der Waals surface area contributed by atoms with E-state index in [9.17, 15) is 24.3 Å². The second-order valence-corrected chi connectivity index (χ2v) is 5.61. The van der Waals surface area contributed by atoms with Gasteiger partial charge in [0, 0.05) is 0 Å². The van der Waals surface area contributed by atoms with Gasteiger partial charge < -0.3 is 37.0 Å². The van der Waals surface area contributed by atoms with Crippen LogP contribution >= 0.6 is 0 Å². The number of hydrogen-bond donors (Lipinski definition) is 7. The zero-order chi connectivity index (χ0) is 20.4. The summed E-state index contributed by atoms with van der Waals surface area (Å²) in [6.07, 6.45) is 0.202. The molecule has 3 amide bonds. The fourth-order valence-corrected chi connectivity index (χ4v) is 1.95. The molecule has 2 atom stereocenters. The second kappa shape index (κ2) is 10.7. The lowest BCUT2D eigenvalue weighted by atomic mass is 10.1. The van der Waals surface area contributed by atoms with Crippen molar-refractivity contribution in [3.8, 4) is 5.75 Å². The zero-order valence-corrected chi connectivity index (χ0v) is 14.3. The average molecular weight is 382 g/mol. The number of aliphatic hydroxyl groups is 1. The van der Waals surface area contributed by atoms with Crippen molar-refractivity contribution in [3.05, 3.63) is 29.8 Å². The molecule has 0 bridgehead atoms. The summed E-state index contributed by atoms with van der Waals surface area (Å²) in [5, 5.41) is 33.2. The molecule has 1 aromatic rings. The van der Waals surface area contributed by atoms with E-state index in [0.29, 0.717) is 0 Å². The highest BCUT2D eigenvalue weighted by Crippen LogP contribution is 2.10. The van der Waals surface area contributed by atoms with Crippen LogP contribution in [0.15, 0.2) is 24.3 Å². The van der Waals surface area contributed by atoms with Crippen LogP contribution in [0, 0.1) is 0 Å². The van der Waals surface area contributed by atoms with E-state index in [-0.39, 0.29) is 12.2 Å². The number of aromatic hydroxyl groups is 1. The number of aliphatic hydroxyl groups excluding tert-OH is 1. The molecular formula is C16H22N4O7. The van der Waals surface area contributed by atoms with Crippen molar-refractivity contribution in [3.63, 3.8) is 0 Å². The van der Waals surface area contributed by atoms with Crippen molar-refractivity contribution in [2.75, 3.05) is 19.7 Å². The number of rotatable bonds is 10. The van der Waals surface area contributed by atoms with Gasteiger partial charge in [0.15, 0.2) is 0 Å². The van der Waals surface area contributed by atoms with Gasteiger partial charge in [0.2, 0.25) is 17.7 Å². The Morgan fingerprint density at radius 3 is 2.15 bits per heavy atom. The number of phenols is 1. The van der Waals surface area contributed by atoms with Crippen molar-refractivity contribution in [2.24, 2.45) is 5.73 Å². The summed E-state index contributed by atoms with van der Waals surface area (Å²) in [4.78, 5) is 45.6. The number of hydrogen-bond acceptors (Lipinski definition) is 7. The first kappa shape index (κ1) is 21.9. The molecule has 2 unspecified atom stereocenters. The lowest BCUT2D eigenvalue weighted by Gasteiger charge is -2.13. The number of benzene rings is 1. The number of amides is 3. The molecule has 0 aliphatic rings. The van der Waals surface area contributed by atoms with Gasteiger partial charge in [0.25, 0.3) is 0 Å². The van der Waals surface area contributed by atoms with Gasteiger partial charge in [-0.25, -0.2) is 4.79 Å². The molecule has 1 aromatic carbocycles. The molecule has 1 rings (SSSR count). The largest absolute Gasteiger partial charge is 0.508 e. The molecular weight excluding hydrogens is 360 g/mol. The lowest BCUT2D eigenvalue weighted by molar-refractivity contribution is -0.142. The minimum Gasteiger partial charge on any atom is -0.508 e. The van der Waals surface area contributed by atoms with Crippen LogP contribution in [0.25, 0.3) is 0 Å². The number of nitrogens with one attached hydrogen (secondary N) is 3. The number of carboxylic acid groups (broad SMARTS) is 1. The molecule has 0 saturated heterocycles. The Morgan fingerprint density at radius 1 is 1.00 bits per heavy atom. The maximum atomic E-state index is 11.9. The van der Waals surface area contributed by atoms with Crippen LogP contribution in [-0.2, 0) is 25.6 Å². The van der Waals surface area contributed by atoms with Gasteiger partial charge >= 0.3 is 5.97 Å². The molecule has 0 heterocycles. The van der Waals surface area contributed by atoms with Gasteiger partial charge in [-0.3, -0.25) is 14.4 Å². The summed E-state index contributed by atoms with van der Waals surface area (Å²) < 4.78 is 0. The molecule has 0 aliphatic heterocycles. The van der Waals surface area contributed by atoms with E-state index in [0.717, 1.165) is 5.56 Å². The number of nitrogens with two attached hydrogens (primary N) is 1. The van der Waals surface area contributed by atoms with E-state index in [1.54, 1.807) is 12.1 Å². The lowest BCUT2D eigenvalue weighted by Crippen LogP contribution is -2.49. The number of carboxylic acids is 1. The van der Waals surface area contributed by atoms with Gasteiger partial charge in [0.1, 0.15) is 11.8 Å². The molecule has 27 heavy (non-hydrogen) atoms. The zero-order valence-electron chi connectivity index (χ0n) is 14.3. The van der Waals surface area contributed by atoms with Crippen LogP contribution < -0.4 is 21.7 Å². The first-order valence-corrected chi connectivity index (χ1v) is 7.93. The topological polar surface area (TPSA) is 191 Å². The molecule has 0 aromatic heterocycles. The third-order valence-corrected chi connectivity index (χ3v) is 3.41. The van der Waals surface area contributed by atoms with E-state index in [1.807, 2.05) is 5.32 Å². The summed E-state index contributed by atoms with van der Waals surface area (Å²) in [5.74, 6) is -3.38. The van der Waals surface area contributed by atoms with Gasteiger partial charge in [-0.15, -0.1) is 0 Å². The van der Waals surface area contributed by atoms with Crippen molar-refractivity contribution in [1.29, 1.82) is 0 Å². The average Bonchev–Trinajstić information content (AvgIpc) is 2.63. The van der Waals surface area contributed by atoms with Crippen LogP contribution in [0.5, 0.6) is 5.75 Å². The van der Waals surface area contributed by atoms with Crippen molar-refractivity contribution >= 4 is 23.7 Å². The summed E-state index contributed by atoms with van der Waals surface area (Å²) in [7, 11) is 0. The molecule has 0 spiro atoms. The van der Waals surface area contributed by atoms with Crippen molar-refractivity contribution in [2.45, 2.75) is 18.5 Å². The van der Waals surface area contributed by atoms with E-state index in [2.05, 4.69) is 10.6 Å². The Bertz CT molecular complexity index is 678. The second-order valence-electron chi connectivity index (χ2n) is 5.61. The van der Waals surface area contributed by atoms with E-state index in [4.69, 9.17) is 15.9 Å². The third-order valence-electron chi connectivity index (χ3n) is 3.41. The maximum absolute atomic E-state index is 11.9. The van der Waals surface area contributed by atoms with Crippen LogP contribution in [0.3, 0.4) is 0 Å². The third kappa shape index (κ3) is 8.16. The Kier molecular flexibility index (Phi) is 8.69. The SMILES string of the molecule is NC(Cc1ccc(O)cc1)C(=O)NCC(=O)NCC(=O)NC(CO)C(=O)O. The summed E-state index contributed by atoms with van der Waals surface area (Å²) >= 11 is 0. The Labute approximate surface area is 154 Å². The van der Waals surface area contributed by atoms with Crippen molar-refractivity contribution < 1.29 is 34.5 Å². The highest BCUT2D eigenvalue weighted by Gasteiger charge is 2.19. The van der Waals surface area contributed by atoms with Crippen LogP contribution in [0.2, 0.25) is 0 Å². The molecule has 8 N–H and O–H groups in total. The quantitative estimate of drug-likeness (QED) is 0.223. The van der Waals surface area contributed by atoms with Gasteiger partial charge in [-0.2, -0.15) is 0 Å². The molecule has 0 fully saturated rings. The van der Waals surface area contributed by atoms with Gasteiger partial charge in [-0.05, 0) is 24.1 Å². The summed E-state index contributed by atoms with van der Waals surface area (Å²) in [6, 6.07) is 3.78. The fraction of sp³-hybridized carbons (Fsp3) is 0.375. The smallest absolute Gasteiger partial charge is 0.328 e. The molecule has 0 aliphatic carbocycles. The normalized spacial score (nSPS) is 12.5. The van der Waals surface area contributed by atoms with Crippen LogP contribution in [0.4, 0.5) is 0 Å². The van der Waals surface area contributed by atoms with Crippen molar-refractivity contribution in [1.82, 2.24) is 16.0 Å². The first-order chi connectivity index (χ1) is 12.7. The predicted molar refractivity (Wildman–Crippen MR) is 92.5 cm³/mol. The van der Waals surface area contributed by atoms with Crippen LogP contribution in [-0.4, -0.2) is 70.8 Å². The monoisotopic (exact) mass is 382 g/mol. The van der Waals surface area contributed by atoms with Gasteiger partial charge in [-0.1, -0.05) is 12.1 Å². The van der Waals surface area contributed by atoms with E-state index >= 15 is 0 Å². The Morgan fingerprint density at radius 2 is 1.59 bits per heavy atom. The predicted octanol–water partition coefficient (Wildman–Crippen LogP) is -2.94. The van der Waals surface area contributed by atoms with E-state index < -0.39 is 55.5 Å². The fourth-order valence-electron chi connectivity index (χ4n) is 1.95. The maximum Gasteiger partial charge on any atom is 0.328 e. The first-order valence-electron chi connectivity index (χ1n) is 7.93.